The first-order valence-electron chi connectivity index (χ1n) is 9.75. The summed E-state index contributed by atoms with van der Waals surface area (Å²) < 4.78 is 6.08. The molecule has 0 radical (unpaired) electrons. The van der Waals surface area contributed by atoms with E-state index in [9.17, 15) is 10.1 Å². The van der Waals surface area contributed by atoms with Crippen molar-refractivity contribution in [1.29, 1.82) is 5.26 Å². The van der Waals surface area contributed by atoms with Gasteiger partial charge in [-0.05, 0) is 17.2 Å². The van der Waals surface area contributed by atoms with Crippen LogP contribution in [0.4, 0.5) is 0 Å². The second-order valence-corrected chi connectivity index (χ2v) is 7.20. The fourth-order valence-electron chi connectivity index (χ4n) is 3.85. The molecule has 0 saturated carbocycles. The topological polar surface area (TPSA) is 53.3 Å². The number of benzene rings is 3. The summed E-state index contributed by atoms with van der Waals surface area (Å²) in [7, 11) is 0. The molecule has 0 N–H and O–H groups in total. The van der Waals surface area contributed by atoms with Gasteiger partial charge in [0.1, 0.15) is 18.4 Å². The van der Waals surface area contributed by atoms with Gasteiger partial charge in [-0.25, -0.2) is 0 Å². The van der Waals surface area contributed by atoms with E-state index in [4.69, 9.17) is 4.74 Å². The van der Waals surface area contributed by atoms with Crippen molar-refractivity contribution in [3.63, 3.8) is 0 Å². The van der Waals surface area contributed by atoms with E-state index in [2.05, 4.69) is 6.07 Å². The molecule has 3 aromatic rings. The molecule has 3 aromatic carbocycles. The van der Waals surface area contributed by atoms with Crippen LogP contribution >= 0.6 is 0 Å². The molecule has 2 atom stereocenters. The zero-order valence-corrected chi connectivity index (χ0v) is 16.1. The molecule has 0 unspecified atom stereocenters. The highest BCUT2D eigenvalue weighted by Gasteiger charge is 2.41. The van der Waals surface area contributed by atoms with E-state index < -0.39 is 6.04 Å². The van der Waals surface area contributed by atoms with Gasteiger partial charge in [-0.3, -0.25) is 4.79 Å². The van der Waals surface area contributed by atoms with Crippen molar-refractivity contribution in [3.8, 4) is 11.8 Å². The van der Waals surface area contributed by atoms with Crippen molar-refractivity contribution in [2.24, 2.45) is 0 Å². The predicted molar refractivity (Wildman–Crippen MR) is 111 cm³/mol. The largest absolute Gasteiger partial charge is 0.489 e. The Labute approximate surface area is 171 Å². The lowest BCUT2D eigenvalue weighted by Gasteiger charge is -2.24. The number of nitriles is 1. The number of amides is 1. The minimum Gasteiger partial charge on any atom is -0.489 e. The molecule has 1 heterocycles. The summed E-state index contributed by atoms with van der Waals surface area (Å²) >= 11 is 0. The number of ether oxygens (including phenoxy) is 1. The third-order valence-corrected chi connectivity index (χ3v) is 5.32. The van der Waals surface area contributed by atoms with Crippen LogP contribution in [0.25, 0.3) is 0 Å². The van der Waals surface area contributed by atoms with E-state index in [0.29, 0.717) is 19.6 Å². The zero-order valence-electron chi connectivity index (χ0n) is 16.1. The minimum atomic E-state index is -0.510. The molecule has 144 valence electrons. The van der Waals surface area contributed by atoms with Crippen LogP contribution in [0.2, 0.25) is 0 Å². The van der Waals surface area contributed by atoms with Crippen LogP contribution in [0.5, 0.6) is 5.75 Å². The lowest BCUT2D eigenvalue weighted by atomic mass is 9.91. The van der Waals surface area contributed by atoms with Gasteiger partial charge in [0, 0.05) is 24.4 Å². The number of nitrogens with zero attached hydrogens (tertiary/aromatic N) is 2. The van der Waals surface area contributed by atoms with Crippen LogP contribution in [0, 0.1) is 11.3 Å². The Morgan fingerprint density at radius 2 is 1.52 bits per heavy atom. The number of carbonyl (C=O) groups excluding carboxylic acids is 1. The number of likely N-dealkylation sites (tertiary alicyclic amines) is 1. The Morgan fingerprint density at radius 1 is 0.897 bits per heavy atom. The number of hydrogen-bond donors (Lipinski definition) is 0. The molecule has 1 amide bonds. The molecule has 1 aliphatic heterocycles. The Balaban J connectivity index is 1.56. The predicted octanol–water partition coefficient (Wildman–Crippen LogP) is 4.67. The lowest BCUT2D eigenvalue weighted by Crippen LogP contribution is -2.33. The zero-order chi connectivity index (χ0) is 20.1. The molecule has 0 aromatic heterocycles. The molecule has 0 spiro atoms. The van der Waals surface area contributed by atoms with Crippen LogP contribution in [0.15, 0.2) is 84.9 Å². The first-order valence-corrected chi connectivity index (χ1v) is 9.75. The first kappa shape index (κ1) is 18.8. The minimum absolute atomic E-state index is 0.00302. The van der Waals surface area contributed by atoms with E-state index in [1.54, 1.807) is 4.90 Å². The number of carbonyl (C=O) groups is 1. The Hall–Kier alpha value is -3.58. The van der Waals surface area contributed by atoms with Crippen molar-refractivity contribution in [1.82, 2.24) is 4.90 Å². The Kier molecular flexibility index (Phi) is 5.58. The monoisotopic (exact) mass is 382 g/mol. The second-order valence-electron chi connectivity index (χ2n) is 7.20. The molecular formula is C25H22N2O2. The Bertz CT molecular complexity index is 1010. The highest BCUT2D eigenvalue weighted by atomic mass is 16.5. The summed E-state index contributed by atoms with van der Waals surface area (Å²) in [6.07, 6.45) is 0.316. The molecule has 0 aliphatic carbocycles. The van der Waals surface area contributed by atoms with Gasteiger partial charge in [-0.2, -0.15) is 5.26 Å². The van der Waals surface area contributed by atoms with E-state index in [1.165, 1.54) is 0 Å². The summed E-state index contributed by atoms with van der Waals surface area (Å²) in [5.41, 5.74) is 3.02. The molecule has 29 heavy (non-hydrogen) atoms. The summed E-state index contributed by atoms with van der Waals surface area (Å²) in [4.78, 5) is 14.4. The van der Waals surface area contributed by atoms with E-state index in [-0.39, 0.29) is 11.8 Å². The maximum Gasteiger partial charge on any atom is 0.224 e. The lowest BCUT2D eigenvalue weighted by molar-refractivity contribution is -0.128. The fourth-order valence-corrected chi connectivity index (χ4v) is 3.85. The highest BCUT2D eigenvalue weighted by molar-refractivity contribution is 5.81. The molecule has 1 saturated heterocycles. The van der Waals surface area contributed by atoms with E-state index in [1.807, 2.05) is 84.9 Å². The molecule has 1 fully saturated rings. The highest BCUT2D eigenvalue weighted by Crippen LogP contribution is 2.39. The van der Waals surface area contributed by atoms with E-state index in [0.717, 1.165) is 22.4 Å². The summed E-state index contributed by atoms with van der Waals surface area (Å²) in [6.45, 7) is 0.894. The van der Waals surface area contributed by atoms with Gasteiger partial charge in [-0.15, -0.1) is 0 Å². The quantitative estimate of drug-likeness (QED) is 0.622. The molecule has 4 rings (SSSR count). The molecule has 1 aliphatic rings. The summed E-state index contributed by atoms with van der Waals surface area (Å²) in [6, 6.07) is 29.3. The van der Waals surface area contributed by atoms with Crippen LogP contribution in [0.3, 0.4) is 0 Å². The maximum atomic E-state index is 12.8. The van der Waals surface area contributed by atoms with Crippen LogP contribution in [-0.2, 0) is 17.9 Å². The Morgan fingerprint density at radius 3 is 2.21 bits per heavy atom. The van der Waals surface area contributed by atoms with Crippen LogP contribution in [-0.4, -0.2) is 16.8 Å². The normalized spacial score (nSPS) is 18.4. The second kappa shape index (κ2) is 8.62. The van der Waals surface area contributed by atoms with Gasteiger partial charge in [0.25, 0.3) is 0 Å². The van der Waals surface area contributed by atoms with E-state index >= 15 is 0 Å². The molecule has 4 heteroatoms. The fraction of sp³-hybridized carbons (Fsp3) is 0.200. The SMILES string of the molecule is N#C[C@H]1[C@H](c2ccccc2OCc2ccccc2)CC(=O)N1Cc1ccccc1. The first-order chi connectivity index (χ1) is 14.3. The van der Waals surface area contributed by atoms with Gasteiger partial charge >= 0.3 is 0 Å². The number of hydrogen-bond acceptors (Lipinski definition) is 3. The molecule has 4 nitrogen and oxygen atoms in total. The van der Waals surface area contributed by atoms with Gasteiger partial charge in [0.2, 0.25) is 5.91 Å². The van der Waals surface area contributed by atoms with Gasteiger partial charge in [0.15, 0.2) is 0 Å². The molecule has 0 bridgehead atoms. The van der Waals surface area contributed by atoms with Crippen LogP contribution < -0.4 is 4.74 Å². The van der Waals surface area contributed by atoms with Crippen LogP contribution in [0.1, 0.15) is 29.0 Å². The van der Waals surface area contributed by atoms with Crippen molar-refractivity contribution in [2.75, 3.05) is 0 Å². The summed E-state index contributed by atoms with van der Waals surface area (Å²) in [5, 5.41) is 9.88. The van der Waals surface area contributed by atoms with Crippen molar-refractivity contribution < 1.29 is 9.53 Å². The molecular weight excluding hydrogens is 360 g/mol. The summed E-state index contributed by atoms with van der Waals surface area (Å²) in [5.74, 6) is 0.530. The van der Waals surface area contributed by atoms with Crippen molar-refractivity contribution in [2.45, 2.75) is 31.5 Å². The smallest absolute Gasteiger partial charge is 0.224 e. The van der Waals surface area contributed by atoms with Crippen molar-refractivity contribution in [3.05, 3.63) is 102 Å². The van der Waals surface area contributed by atoms with Gasteiger partial charge < -0.3 is 9.64 Å². The van der Waals surface area contributed by atoms with Crippen molar-refractivity contribution >= 4 is 5.91 Å². The number of rotatable bonds is 6. The third-order valence-electron chi connectivity index (χ3n) is 5.32. The maximum absolute atomic E-state index is 12.8. The van der Waals surface area contributed by atoms with Gasteiger partial charge in [-0.1, -0.05) is 78.9 Å². The van der Waals surface area contributed by atoms with Gasteiger partial charge in [0.05, 0.1) is 6.07 Å². The average molecular weight is 382 g/mol. The third kappa shape index (κ3) is 4.14. The standard InChI is InChI=1S/C25H22N2O2/c26-16-23-22(15-25(28)27(23)17-19-9-3-1-4-10-19)21-13-7-8-14-24(21)29-18-20-11-5-2-6-12-20/h1-14,22-23H,15,17-18H2/t22-,23-/m0/s1. The number of para-hydroxylation sites is 1. The average Bonchev–Trinajstić information content (AvgIpc) is 3.09.